The summed E-state index contributed by atoms with van der Waals surface area (Å²) in [5, 5.41) is 3.54. The number of rotatable bonds is 8. The van der Waals surface area contributed by atoms with Crippen LogP contribution in [0.1, 0.15) is 49.9 Å². The van der Waals surface area contributed by atoms with Gasteiger partial charge in [-0.2, -0.15) is 0 Å². The predicted octanol–water partition coefficient (Wildman–Crippen LogP) is 4.56. The lowest BCUT2D eigenvalue weighted by molar-refractivity contribution is -0.143. The van der Waals surface area contributed by atoms with Crippen LogP contribution < -0.4 is 5.32 Å². The summed E-state index contributed by atoms with van der Waals surface area (Å²) in [7, 11) is 0. The Bertz CT molecular complexity index is 628. The average Bonchev–Trinajstić information content (AvgIpc) is 2.60. The van der Waals surface area contributed by atoms with Crippen molar-refractivity contribution in [2.75, 3.05) is 6.61 Å². The van der Waals surface area contributed by atoms with Gasteiger partial charge in [0, 0.05) is 18.5 Å². The third kappa shape index (κ3) is 5.46. The number of hydrogen-bond acceptors (Lipinski definition) is 3. The molecule has 0 saturated heterocycles. The number of hydrogen-bond donors (Lipinski definition) is 1. The maximum Gasteiger partial charge on any atom is 0.305 e. The molecule has 2 unspecified atom stereocenters. The van der Waals surface area contributed by atoms with Crippen molar-refractivity contribution >= 4 is 5.97 Å². The Balaban J connectivity index is 2.09. The molecule has 0 aliphatic rings. The van der Waals surface area contributed by atoms with Crippen molar-refractivity contribution in [1.29, 1.82) is 0 Å². The van der Waals surface area contributed by atoms with Crippen molar-refractivity contribution < 1.29 is 13.9 Å². The van der Waals surface area contributed by atoms with E-state index in [-0.39, 0.29) is 23.9 Å². The Hall–Kier alpha value is -2.20. The van der Waals surface area contributed by atoms with Crippen molar-refractivity contribution in [1.82, 2.24) is 5.32 Å². The second-order valence-corrected chi connectivity index (χ2v) is 5.75. The highest BCUT2D eigenvalue weighted by Crippen LogP contribution is 2.24. The third-order valence-electron chi connectivity index (χ3n) is 3.97. The zero-order chi connectivity index (χ0) is 17.4. The number of halogens is 1. The molecule has 0 heterocycles. The molecule has 0 radical (unpaired) electrons. The molecule has 0 aliphatic carbocycles. The molecule has 24 heavy (non-hydrogen) atoms. The van der Waals surface area contributed by atoms with E-state index in [9.17, 15) is 9.18 Å². The summed E-state index contributed by atoms with van der Waals surface area (Å²) in [6.45, 7) is 4.26. The first-order chi connectivity index (χ1) is 11.6. The standard InChI is InChI=1S/C20H24FNO2/c1-3-24-20(23)14-13-19(17-9-11-18(21)12-10-17)22-15(2)16-7-5-4-6-8-16/h4-12,15,19,22H,3,13-14H2,1-2H3. The monoisotopic (exact) mass is 329 g/mol. The van der Waals surface area contributed by atoms with E-state index in [0.29, 0.717) is 19.4 Å². The summed E-state index contributed by atoms with van der Waals surface area (Å²) in [4.78, 5) is 11.7. The topological polar surface area (TPSA) is 38.3 Å². The minimum atomic E-state index is -0.265. The lowest BCUT2D eigenvalue weighted by atomic mass is 9.99. The highest BCUT2D eigenvalue weighted by Gasteiger charge is 2.17. The fraction of sp³-hybridized carbons (Fsp3) is 0.350. The van der Waals surface area contributed by atoms with Crippen LogP contribution >= 0.6 is 0 Å². The van der Waals surface area contributed by atoms with Gasteiger partial charge in [-0.15, -0.1) is 0 Å². The van der Waals surface area contributed by atoms with Crippen LogP contribution in [0.2, 0.25) is 0 Å². The van der Waals surface area contributed by atoms with Crippen LogP contribution in [0.15, 0.2) is 54.6 Å². The zero-order valence-electron chi connectivity index (χ0n) is 14.2. The molecule has 0 aliphatic heterocycles. The second-order valence-electron chi connectivity index (χ2n) is 5.75. The third-order valence-corrected chi connectivity index (χ3v) is 3.97. The molecule has 2 aromatic rings. The number of benzene rings is 2. The molecule has 2 rings (SSSR count). The van der Waals surface area contributed by atoms with Crippen molar-refractivity contribution in [3.63, 3.8) is 0 Å². The summed E-state index contributed by atoms with van der Waals surface area (Å²) in [6.07, 6.45) is 0.923. The number of carbonyl (C=O) groups is 1. The molecule has 0 aromatic heterocycles. The Morgan fingerprint density at radius 3 is 2.38 bits per heavy atom. The van der Waals surface area contributed by atoms with Crippen molar-refractivity contribution in [3.05, 3.63) is 71.5 Å². The summed E-state index contributed by atoms with van der Waals surface area (Å²) in [5.41, 5.74) is 2.13. The molecule has 4 heteroatoms. The van der Waals surface area contributed by atoms with Crippen molar-refractivity contribution in [3.8, 4) is 0 Å². The fourth-order valence-corrected chi connectivity index (χ4v) is 2.68. The SMILES string of the molecule is CCOC(=O)CCC(NC(C)c1ccccc1)c1ccc(F)cc1. The van der Waals surface area contributed by atoms with Gasteiger partial charge in [-0.25, -0.2) is 4.39 Å². The molecule has 3 nitrogen and oxygen atoms in total. The summed E-state index contributed by atoms with van der Waals surface area (Å²) in [6, 6.07) is 16.6. The van der Waals surface area contributed by atoms with E-state index in [2.05, 4.69) is 24.4 Å². The number of ether oxygens (including phenoxy) is 1. The molecule has 0 bridgehead atoms. The number of nitrogens with one attached hydrogen (secondary N) is 1. The Kier molecular flexibility index (Phi) is 6.94. The second kappa shape index (κ2) is 9.18. The molecule has 0 amide bonds. The minimum Gasteiger partial charge on any atom is -0.466 e. The Morgan fingerprint density at radius 1 is 1.08 bits per heavy atom. The smallest absolute Gasteiger partial charge is 0.305 e. The molecular formula is C20H24FNO2. The summed E-state index contributed by atoms with van der Waals surface area (Å²) < 4.78 is 18.2. The highest BCUT2D eigenvalue weighted by atomic mass is 19.1. The zero-order valence-corrected chi connectivity index (χ0v) is 14.2. The van der Waals surface area contributed by atoms with E-state index < -0.39 is 0 Å². The van der Waals surface area contributed by atoms with E-state index in [1.807, 2.05) is 18.2 Å². The molecule has 1 N–H and O–H groups in total. The lowest BCUT2D eigenvalue weighted by Crippen LogP contribution is -2.25. The fourth-order valence-electron chi connectivity index (χ4n) is 2.68. The van der Waals surface area contributed by atoms with Crippen LogP contribution in [-0.2, 0) is 9.53 Å². The molecule has 2 atom stereocenters. The van der Waals surface area contributed by atoms with Crippen molar-refractivity contribution in [2.24, 2.45) is 0 Å². The molecule has 0 saturated carbocycles. The maximum absolute atomic E-state index is 13.2. The normalized spacial score (nSPS) is 13.3. The van der Waals surface area contributed by atoms with Gasteiger partial charge in [0.25, 0.3) is 0 Å². The van der Waals surface area contributed by atoms with Gasteiger partial charge >= 0.3 is 5.97 Å². The Morgan fingerprint density at radius 2 is 1.75 bits per heavy atom. The number of esters is 1. The molecule has 2 aromatic carbocycles. The van der Waals surface area contributed by atoms with Gasteiger partial charge < -0.3 is 10.1 Å². The van der Waals surface area contributed by atoms with E-state index in [1.165, 1.54) is 17.7 Å². The van der Waals surface area contributed by atoms with E-state index >= 15 is 0 Å². The first kappa shape index (κ1) is 18.1. The van der Waals surface area contributed by atoms with Gasteiger partial charge in [-0.05, 0) is 43.5 Å². The van der Waals surface area contributed by atoms with Gasteiger partial charge in [-0.1, -0.05) is 42.5 Å². The average molecular weight is 329 g/mol. The van der Waals surface area contributed by atoms with Gasteiger partial charge in [0.15, 0.2) is 0 Å². The van der Waals surface area contributed by atoms with Gasteiger partial charge in [0.1, 0.15) is 5.82 Å². The van der Waals surface area contributed by atoms with E-state index in [4.69, 9.17) is 4.74 Å². The molecule has 128 valence electrons. The summed E-state index contributed by atoms with van der Waals surface area (Å²) >= 11 is 0. The largest absolute Gasteiger partial charge is 0.466 e. The minimum absolute atomic E-state index is 0.0507. The molecule has 0 fully saturated rings. The maximum atomic E-state index is 13.2. The predicted molar refractivity (Wildman–Crippen MR) is 93.0 cm³/mol. The first-order valence-corrected chi connectivity index (χ1v) is 8.32. The highest BCUT2D eigenvalue weighted by molar-refractivity contribution is 5.69. The first-order valence-electron chi connectivity index (χ1n) is 8.32. The van der Waals surface area contributed by atoms with Crippen LogP contribution in [-0.4, -0.2) is 12.6 Å². The molecular weight excluding hydrogens is 305 g/mol. The lowest BCUT2D eigenvalue weighted by Gasteiger charge is -2.24. The van der Waals surface area contributed by atoms with Gasteiger partial charge in [-0.3, -0.25) is 4.79 Å². The van der Waals surface area contributed by atoms with E-state index in [0.717, 1.165) is 5.56 Å². The van der Waals surface area contributed by atoms with Gasteiger partial charge in [0.05, 0.1) is 6.61 Å². The Labute approximate surface area is 142 Å². The number of carbonyl (C=O) groups excluding carboxylic acids is 1. The molecule has 0 spiro atoms. The van der Waals surface area contributed by atoms with Crippen LogP contribution in [0.3, 0.4) is 0 Å². The van der Waals surface area contributed by atoms with E-state index in [1.54, 1.807) is 19.1 Å². The van der Waals surface area contributed by atoms with Crippen molar-refractivity contribution in [2.45, 2.75) is 38.8 Å². The van der Waals surface area contributed by atoms with Crippen LogP contribution in [0.5, 0.6) is 0 Å². The van der Waals surface area contributed by atoms with Crippen LogP contribution in [0, 0.1) is 5.82 Å². The van der Waals surface area contributed by atoms with Crippen LogP contribution in [0.4, 0.5) is 4.39 Å². The van der Waals surface area contributed by atoms with Gasteiger partial charge in [0.2, 0.25) is 0 Å². The quantitative estimate of drug-likeness (QED) is 0.722. The van der Waals surface area contributed by atoms with Crippen LogP contribution in [0.25, 0.3) is 0 Å². The summed E-state index contributed by atoms with van der Waals surface area (Å²) in [5.74, 6) is -0.474.